The second kappa shape index (κ2) is 8.62. The Morgan fingerprint density at radius 1 is 1.12 bits per heavy atom. The first kappa shape index (κ1) is 18.1. The number of ketones is 1. The van der Waals surface area contributed by atoms with Gasteiger partial charge in [0.05, 0.1) is 11.0 Å². The Labute approximate surface area is 154 Å². The van der Waals surface area contributed by atoms with Gasteiger partial charge in [-0.2, -0.15) is 0 Å². The number of aromatic amines is 1. The molecular formula is C19H17FN2O3S. The van der Waals surface area contributed by atoms with Gasteiger partial charge in [-0.15, -0.1) is 0 Å². The van der Waals surface area contributed by atoms with E-state index in [4.69, 9.17) is 4.74 Å². The summed E-state index contributed by atoms with van der Waals surface area (Å²) >= 11 is 1.53. The number of rotatable bonds is 8. The lowest BCUT2D eigenvalue weighted by atomic mass is 10.1. The van der Waals surface area contributed by atoms with Crippen LogP contribution < -0.4 is 0 Å². The van der Waals surface area contributed by atoms with Crippen LogP contribution in [0.4, 0.5) is 4.39 Å². The molecular weight excluding hydrogens is 355 g/mol. The number of carbonyl (C=O) groups is 2. The lowest BCUT2D eigenvalue weighted by molar-refractivity contribution is -0.142. The molecule has 1 aromatic heterocycles. The van der Waals surface area contributed by atoms with Gasteiger partial charge in [-0.25, -0.2) is 9.37 Å². The number of halogens is 1. The summed E-state index contributed by atoms with van der Waals surface area (Å²) in [4.78, 5) is 31.2. The van der Waals surface area contributed by atoms with Crippen molar-refractivity contribution < 1.29 is 18.7 Å². The minimum Gasteiger partial charge on any atom is -0.457 e. The lowest BCUT2D eigenvalue weighted by Crippen LogP contribution is -2.14. The number of nitrogens with one attached hydrogen (secondary N) is 1. The number of hydrogen-bond acceptors (Lipinski definition) is 5. The Balaban J connectivity index is 1.36. The van der Waals surface area contributed by atoms with Crippen molar-refractivity contribution in [2.24, 2.45) is 0 Å². The zero-order valence-electron chi connectivity index (χ0n) is 13.9. The normalized spacial score (nSPS) is 10.8. The van der Waals surface area contributed by atoms with Crippen LogP contribution in [-0.2, 0) is 9.53 Å². The molecule has 0 fully saturated rings. The third kappa shape index (κ3) is 4.92. The SMILES string of the molecule is O=C(CCCSc1nc2ccccc2[nH]1)OCC(=O)c1ccc(F)cc1. The van der Waals surface area contributed by atoms with Crippen LogP contribution in [0.5, 0.6) is 0 Å². The smallest absolute Gasteiger partial charge is 0.306 e. The topological polar surface area (TPSA) is 72.1 Å². The highest BCUT2D eigenvalue weighted by Gasteiger charge is 2.10. The molecule has 0 aliphatic rings. The van der Waals surface area contributed by atoms with Crippen molar-refractivity contribution in [3.63, 3.8) is 0 Å². The minimum atomic E-state index is -0.425. The minimum absolute atomic E-state index is 0.226. The number of hydrogen-bond donors (Lipinski definition) is 1. The number of imidazole rings is 1. The van der Waals surface area contributed by atoms with Gasteiger partial charge >= 0.3 is 5.97 Å². The van der Waals surface area contributed by atoms with Crippen molar-refractivity contribution in [3.05, 3.63) is 59.9 Å². The van der Waals surface area contributed by atoms with E-state index in [9.17, 15) is 14.0 Å². The maximum atomic E-state index is 12.8. The van der Waals surface area contributed by atoms with Gasteiger partial charge in [-0.1, -0.05) is 23.9 Å². The Kier molecular flexibility index (Phi) is 6.01. The number of esters is 1. The van der Waals surface area contributed by atoms with Crippen molar-refractivity contribution in [3.8, 4) is 0 Å². The number of Topliss-reactive ketones (excluding diaryl/α,β-unsaturated/α-hetero) is 1. The Hall–Kier alpha value is -2.67. The number of aromatic nitrogens is 2. The summed E-state index contributed by atoms with van der Waals surface area (Å²) in [6.45, 7) is -0.332. The van der Waals surface area contributed by atoms with Crippen LogP contribution in [0.3, 0.4) is 0 Å². The van der Waals surface area contributed by atoms with E-state index in [1.165, 1.54) is 36.0 Å². The molecule has 0 atom stereocenters. The van der Waals surface area contributed by atoms with Gasteiger partial charge < -0.3 is 9.72 Å². The van der Waals surface area contributed by atoms with E-state index in [-0.39, 0.29) is 18.8 Å². The van der Waals surface area contributed by atoms with Crippen LogP contribution in [0, 0.1) is 5.82 Å². The van der Waals surface area contributed by atoms with E-state index >= 15 is 0 Å². The van der Waals surface area contributed by atoms with Gasteiger partial charge in [0.25, 0.3) is 0 Å². The summed E-state index contributed by atoms with van der Waals surface area (Å²) in [5.41, 5.74) is 2.21. The van der Waals surface area contributed by atoms with E-state index in [1.54, 1.807) is 0 Å². The fourth-order valence-corrected chi connectivity index (χ4v) is 3.15. The molecule has 26 heavy (non-hydrogen) atoms. The molecule has 0 aliphatic heterocycles. The highest BCUT2D eigenvalue weighted by Crippen LogP contribution is 2.20. The van der Waals surface area contributed by atoms with Crippen LogP contribution in [0.15, 0.2) is 53.7 Å². The molecule has 2 aromatic carbocycles. The highest BCUT2D eigenvalue weighted by molar-refractivity contribution is 7.99. The van der Waals surface area contributed by atoms with E-state index in [2.05, 4.69) is 9.97 Å². The average Bonchev–Trinajstić information content (AvgIpc) is 3.06. The van der Waals surface area contributed by atoms with Crippen LogP contribution in [-0.4, -0.2) is 34.1 Å². The third-order valence-corrected chi connectivity index (χ3v) is 4.62. The van der Waals surface area contributed by atoms with Gasteiger partial charge in [-0.3, -0.25) is 9.59 Å². The fraction of sp³-hybridized carbons (Fsp3) is 0.211. The van der Waals surface area contributed by atoms with Crippen molar-refractivity contribution in [2.45, 2.75) is 18.0 Å². The van der Waals surface area contributed by atoms with Gasteiger partial charge in [0.15, 0.2) is 17.5 Å². The molecule has 3 rings (SSSR count). The zero-order valence-corrected chi connectivity index (χ0v) is 14.7. The summed E-state index contributed by atoms with van der Waals surface area (Å²) in [6.07, 6.45) is 0.842. The quantitative estimate of drug-likeness (QED) is 0.280. The van der Waals surface area contributed by atoms with E-state index in [1.807, 2.05) is 24.3 Å². The maximum absolute atomic E-state index is 12.8. The molecule has 5 nitrogen and oxygen atoms in total. The van der Waals surface area contributed by atoms with E-state index < -0.39 is 11.8 Å². The number of para-hydroxylation sites is 2. The van der Waals surface area contributed by atoms with E-state index in [0.717, 1.165) is 16.2 Å². The van der Waals surface area contributed by atoms with Crippen LogP contribution >= 0.6 is 11.8 Å². The monoisotopic (exact) mass is 372 g/mol. The van der Waals surface area contributed by atoms with E-state index in [0.29, 0.717) is 17.7 Å². The fourth-order valence-electron chi connectivity index (χ4n) is 2.32. The molecule has 134 valence electrons. The Morgan fingerprint density at radius 2 is 1.88 bits per heavy atom. The largest absolute Gasteiger partial charge is 0.457 e. The second-order valence-corrected chi connectivity index (χ2v) is 6.69. The van der Waals surface area contributed by atoms with Crippen LogP contribution in [0.2, 0.25) is 0 Å². The Bertz CT molecular complexity index is 876. The second-order valence-electron chi connectivity index (χ2n) is 5.60. The van der Waals surface area contributed by atoms with Crippen molar-refractivity contribution in [1.29, 1.82) is 0 Å². The van der Waals surface area contributed by atoms with Crippen LogP contribution in [0.1, 0.15) is 23.2 Å². The van der Waals surface area contributed by atoms with Gasteiger partial charge in [0.2, 0.25) is 0 Å². The number of fused-ring (bicyclic) bond motifs is 1. The van der Waals surface area contributed by atoms with Crippen molar-refractivity contribution in [1.82, 2.24) is 9.97 Å². The lowest BCUT2D eigenvalue weighted by Gasteiger charge is -2.04. The number of nitrogens with zero attached hydrogens (tertiary/aromatic N) is 1. The summed E-state index contributed by atoms with van der Waals surface area (Å²) in [6, 6.07) is 12.9. The predicted octanol–water partition coefficient (Wildman–Crippen LogP) is 4.00. The molecule has 0 aliphatic carbocycles. The first-order valence-corrected chi connectivity index (χ1v) is 9.12. The molecule has 0 saturated carbocycles. The first-order valence-electron chi connectivity index (χ1n) is 8.14. The molecule has 1 heterocycles. The van der Waals surface area contributed by atoms with Crippen molar-refractivity contribution in [2.75, 3.05) is 12.4 Å². The highest BCUT2D eigenvalue weighted by atomic mass is 32.2. The molecule has 0 amide bonds. The standard InChI is InChI=1S/C19H17FN2O3S/c20-14-9-7-13(8-10-14)17(23)12-25-18(24)6-3-11-26-19-21-15-4-1-2-5-16(15)22-19/h1-2,4-5,7-10H,3,6,11-12H2,(H,21,22). The van der Waals surface area contributed by atoms with Gasteiger partial charge in [0.1, 0.15) is 5.82 Å². The molecule has 3 aromatic rings. The molecule has 0 unspecified atom stereocenters. The molecule has 0 saturated heterocycles. The molecule has 0 bridgehead atoms. The number of ether oxygens (including phenoxy) is 1. The molecule has 1 N–H and O–H groups in total. The summed E-state index contributed by atoms with van der Waals surface area (Å²) in [7, 11) is 0. The summed E-state index contributed by atoms with van der Waals surface area (Å²) in [5.74, 6) is -0.484. The molecule has 0 spiro atoms. The first-order chi connectivity index (χ1) is 12.6. The van der Waals surface area contributed by atoms with Gasteiger partial charge in [0, 0.05) is 17.7 Å². The molecule has 0 radical (unpaired) electrons. The molecule has 7 heteroatoms. The number of H-pyrrole nitrogens is 1. The third-order valence-electron chi connectivity index (χ3n) is 3.66. The summed E-state index contributed by atoms with van der Waals surface area (Å²) in [5, 5.41) is 0.811. The van der Waals surface area contributed by atoms with Crippen LogP contribution in [0.25, 0.3) is 11.0 Å². The maximum Gasteiger partial charge on any atom is 0.306 e. The van der Waals surface area contributed by atoms with Gasteiger partial charge in [-0.05, 0) is 42.8 Å². The predicted molar refractivity (Wildman–Crippen MR) is 97.7 cm³/mol. The average molecular weight is 372 g/mol. The summed E-state index contributed by atoms with van der Waals surface area (Å²) < 4.78 is 17.8. The Morgan fingerprint density at radius 3 is 2.65 bits per heavy atom. The zero-order chi connectivity index (χ0) is 18.4. The number of thioether (sulfide) groups is 1. The van der Waals surface area contributed by atoms with Crippen molar-refractivity contribution >= 4 is 34.5 Å². The number of benzene rings is 2. The number of carbonyl (C=O) groups excluding carboxylic acids is 2.